The van der Waals surface area contributed by atoms with Gasteiger partial charge in [0.2, 0.25) is 0 Å². The molecule has 0 aromatic heterocycles. The van der Waals surface area contributed by atoms with E-state index < -0.39 is 24.0 Å². The van der Waals surface area contributed by atoms with E-state index in [1.807, 2.05) is 0 Å². The van der Waals surface area contributed by atoms with Crippen molar-refractivity contribution < 1.29 is 27.9 Å². The minimum atomic E-state index is -4.18. The summed E-state index contributed by atoms with van der Waals surface area (Å²) in [7, 11) is 0. The molecule has 0 aliphatic carbocycles. The molecular formula is C13H21F3N2O3. The minimum Gasteiger partial charge on any atom is -0.481 e. The smallest absolute Gasteiger partial charge is 0.391 e. The Morgan fingerprint density at radius 1 is 1.33 bits per heavy atom. The Kier molecular flexibility index (Phi) is 6.29. The molecule has 1 saturated heterocycles. The third-order valence-corrected chi connectivity index (χ3v) is 3.76. The van der Waals surface area contributed by atoms with E-state index in [1.54, 1.807) is 6.92 Å². The number of alkyl halides is 3. The zero-order chi connectivity index (χ0) is 16.0. The maximum Gasteiger partial charge on any atom is 0.391 e. The van der Waals surface area contributed by atoms with Gasteiger partial charge in [-0.05, 0) is 25.7 Å². The predicted octanol–water partition coefficient (Wildman–Crippen LogP) is 2.47. The van der Waals surface area contributed by atoms with Gasteiger partial charge in [-0.25, -0.2) is 4.79 Å². The van der Waals surface area contributed by atoms with E-state index in [1.165, 1.54) is 4.90 Å². The molecule has 0 aromatic rings. The summed E-state index contributed by atoms with van der Waals surface area (Å²) in [6.07, 6.45) is -3.33. The number of carboxylic acids is 1. The number of carboxylic acid groups (broad SMARTS) is 1. The molecule has 21 heavy (non-hydrogen) atoms. The number of halogens is 3. The van der Waals surface area contributed by atoms with Crippen molar-refractivity contribution in [3.8, 4) is 0 Å². The van der Waals surface area contributed by atoms with Gasteiger partial charge in [-0.2, -0.15) is 13.2 Å². The van der Waals surface area contributed by atoms with Crippen LogP contribution in [0, 0.1) is 11.8 Å². The first-order chi connectivity index (χ1) is 9.71. The predicted molar refractivity (Wildman–Crippen MR) is 69.8 cm³/mol. The molecule has 1 fully saturated rings. The summed E-state index contributed by atoms with van der Waals surface area (Å²) >= 11 is 0. The summed E-state index contributed by atoms with van der Waals surface area (Å²) in [6.45, 7) is 2.12. The van der Waals surface area contributed by atoms with Gasteiger partial charge in [0.1, 0.15) is 0 Å². The molecular weight excluding hydrogens is 289 g/mol. The van der Waals surface area contributed by atoms with E-state index in [2.05, 4.69) is 5.32 Å². The van der Waals surface area contributed by atoms with Crippen molar-refractivity contribution >= 4 is 12.0 Å². The zero-order valence-corrected chi connectivity index (χ0v) is 11.9. The lowest BCUT2D eigenvalue weighted by atomic mass is 9.96. The quantitative estimate of drug-likeness (QED) is 0.766. The second-order valence-electron chi connectivity index (χ2n) is 5.42. The Hall–Kier alpha value is -1.47. The Bertz CT molecular complexity index is 366. The van der Waals surface area contributed by atoms with Crippen LogP contribution in [0.25, 0.3) is 0 Å². The lowest BCUT2D eigenvalue weighted by Crippen LogP contribution is -2.46. The molecule has 1 rings (SSSR count). The topological polar surface area (TPSA) is 69.6 Å². The second-order valence-corrected chi connectivity index (χ2v) is 5.42. The number of carbonyl (C=O) groups is 2. The van der Waals surface area contributed by atoms with E-state index in [0.717, 1.165) is 0 Å². The van der Waals surface area contributed by atoms with Gasteiger partial charge >= 0.3 is 18.2 Å². The fourth-order valence-corrected chi connectivity index (χ4v) is 2.25. The van der Waals surface area contributed by atoms with Gasteiger partial charge in [-0.15, -0.1) is 0 Å². The Balaban J connectivity index is 2.21. The lowest BCUT2D eigenvalue weighted by molar-refractivity contribution is -0.183. The standard InChI is InChI=1S/C13H21F3N2O3/c1-9(11(19)20)3-2-6-17-12(21)18-7-4-10(5-8-18)13(14,15)16/h9-10H,2-8H2,1H3,(H,17,21)(H,19,20). The zero-order valence-electron chi connectivity index (χ0n) is 11.9. The van der Waals surface area contributed by atoms with Gasteiger partial charge < -0.3 is 15.3 Å². The van der Waals surface area contributed by atoms with Gasteiger partial charge in [0.05, 0.1) is 11.8 Å². The molecule has 2 N–H and O–H groups in total. The Morgan fingerprint density at radius 2 is 1.90 bits per heavy atom. The normalized spacial score (nSPS) is 18.4. The lowest BCUT2D eigenvalue weighted by Gasteiger charge is -2.32. The van der Waals surface area contributed by atoms with Crippen molar-refractivity contribution in [2.75, 3.05) is 19.6 Å². The first kappa shape index (κ1) is 17.6. The van der Waals surface area contributed by atoms with Gasteiger partial charge in [0.15, 0.2) is 0 Å². The molecule has 0 bridgehead atoms. The summed E-state index contributed by atoms with van der Waals surface area (Å²) in [6, 6.07) is -0.376. The monoisotopic (exact) mass is 310 g/mol. The van der Waals surface area contributed by atoms with Crippen molar-refractivity contribution in [2.45, 2.75) is 38.8 Å². The van der Waals surface area contributed by atoms with Crippen LogP contribution in [0.15, 0.2) is 0 Å². The molecule has 1 atom stereocenters. The van der Waals surface area contributed by atoms with Crippen LogP contribution in [-0.2, 0) is 4.79 Å². The summed E-state index contributed by atoms with van der Waals surface area (Å²) < 4.78 is 37.5. The Labute approximate surface area is 121 Å². The minimum absolute atomic E-state index is 0.0625. The average Bonchev–Trinajstić information content (AvgIpc) is 2.42. The highest BCUT2D eigenvalue weighted by atomic mass is 19.4. The number of nitrogens with zero attached hydrogens (tertiary/aromatic N) is 1. The van der Waals surface area contributed by atoms with Crippen LogP contribution >= 0.6 is 0 Å². The molecule has 5 nitrogen and oxygen atoms in total. The van der Waals surface area contributed by atoms with Crippen molar-refractivity contribution in [3.05, 3.63) is 0 Å². The van der Waals surface area contributed by atoms with E-state index in [4.69, 9.17) is 5.11 Å². The molecule has 1 aliphatic heterocycles. The molecule has 8 heteroatoms. The fraction of sp³-hybridized carbons (Fsp3) is 0.846. The third-order valence-electron chi connectivity index (χ3n) is 3.76. The van der Waals surface area contributed by atoms with Crippen molar-refractivity contribution in [3.63, 3.8) is 0 Å². The molecule has 122 valence electrons. The number of hydrogen-bond donors (Lipinski definition) is 2. The Morgan fingerprint density at radius 3 is 2.38 bits per heavy atom. The van der Waals surface area contributed by atoms with Crippen molar-refractivity contribution in [2.24, 2.45) is 11.8 Å². The van der Waals surface area contributed by atoms with E-state index >= 15 is 0 Å². The number of hydrogen-bond acceptors (Lipinski definition) is 2. The third kappa shape index (κ3) is 5.81. The van der Waals surface area contributed by atoms with Gasteiger partial charge in [-0.3, -0.25) is 4.79 Å². The van der Waals surface area contributed by atoms with Gasteiger partial charge in [-0.1, -0.05) is 6.92 Å². The summed E-state index contributed by atoms with van der Waals surface area (Å²) in [5.41, 5.74) is 0. The maximum atomic E-state index is 12.5. The fourth-order valence-electron chi connectivity index (χ4n) is 2.25. The molecule has 0 spiro atoms. The molecule has 0 aromatic carbocycles. The van der Waals surface area contributed by atoms with Gasteiger partial charge in [0.25, 0.3) is 0 Å². The van der Waals surface area contributed by atoms with Crippen LogP contribution in [0.1, 0.15) is 32.6 Å². The number of carbonyl (C=O) groups excluding carboxylic acids is 1. The maximum absolute atomic E-state index is 12.5. The summed E-state index contributed by atoms with van der Waals surface area (Å²) in [5.74, 6) is -2.67. The first-order valence-electron chi connectivity index (χ1n) is 7.04. The van der Waals surface area contributed by atoms with Crippen LogP contribution in [0.3, 0.4) is 0 Å². The first-order valence-corrected chi connectivity index (χ1v) is 7.04. The van der Waals surface area contributed by atoms with Gasteiger partial charge in [0, 0.05) is 19.6 Å². The number of rotatable bonds is 5. The average molecular weight is 310 g/mol. The van der Waals surface area contributed by atoms with Crippen LogP contribution in [0.4, 0.5) is 18.0 Å². The van der Waals surface area contributed by atoms with Crippen LogP contribution in [0.5, 0.6) is 0 Å². The van der Waals surface area contributed by atoms with Crippen LogP contribution < -0.4 is 5.32 Å². The molecule has 0 saturated carbocycles. The summed E-state index contributed by atoms with van der Waals surface area (Å²) in [4.78, 5) is 23.7. The van der Waals surface area contributed by atoms with Crippen LogP contribution in [-0.4, -0.2) is 47.8 Å². The van der Waals surface area contributed by atoms with E-state index in [9.17, 15) is 22.8 Å². The van der Waals surface area contributed by atoms with E-state index in [-0.39, 0.29) is 32.0 Å². The molecule has 0 radical (unpaired) electrons. The number of nitrogens with one attached hydrogen (secondary N) is 1. The largest absolute Gasteiger partial charge is 0.481 e. The highest BCUT2D eigenvalue weighted by Crippen LogP contribution is 2.33. The highest BCUT2D eigenvalue weighted by molar-refractivity contribution is 5.74. The molecule has 1 heterocycles. The highest BCUT2D eigenvalue weighted by Gasteiger charge is 2.41. The molecule has 1 unspecified atom stereocenters. The summed E-state index contributed by atoms with van der Waals surface area (Å²) in [5, 5.41) is 11.3. The number of amides is 2. The van der Waals surface area contributed by atoms with Crippen LogP contribution in [0.2, 0.25) is 0 Å². The van der Waals surface area contributed by atoms with Crippen molar-refractivity contribution in [1.29, 1.82) is 0 Å². The second kappa shape index (κ2) is 7.51. The SMILES string of the molecule is CC(CCCNC(=O)N1CCC(C(F)(F)F)CC1)C(=O)O. The van der Waals surface area contributed by atoms with E-state index in [0.29, 0.717) is 19.4 Å². The number of likely N-dealkylation sites (tertiary alicyclic amines) is 1. The van der Waals surface area contributed by atoms with Crippen molar-refractivity contribution in [1.82, 2.24) is 10.2 Å². The number of piperidine rings is 1. The molecule has 1 aliphatic rings. The number of urea groups is 1. The molecule has 2 amide bonds. The number of aliphatic carboxylic acids is 1.